The molecule has 1 saturated heterocycles. The van der Waals surface area contributed by atoms with Crippen molar-refractivity contribution in [3.63, 3.8) is 0 Å². The van der Waals surface area contributed by atoms with Gasteiger partial charge in [-0.2, -0.15) is 0 Å². The number of carbonyl (C=O) groups is 1. The molecule has 1 aliphatic rings. The van der Waals surface area contributed by atoms with Crippen LogP contribution >= 0.6 is 0 Å². The first-order chi connectivity index (χ1) is 14.0. The van der Waals surface area contributed by atoms with Crippen LogP contribution in [0.3, 0.4) is 0 Å². The number of hydrogen-bond acceptors (Lipinski definition) is 4. The van der Waals surface area contributed by atoms with Crippen molar-refractivity contribution >= 4 is 15.9 Å². The third kappa shape index (κ3) is 5.68. The molecule has 6 nitrogen and oxygen atoms in total. The molecular weight excluding hydrogens is 388 g/mol. The molecule has 1 amide bonds. The van der Waals surface area contributed by atoms with E-state index in [1.807, 2.05) is 30.3 Å². The molecule has 0 saturated carbocycles. The van der Waals surface area contributed by atoms with E-state index in [9.17, 15) is 13.2 Å². The fraction of sp³-hybridized carbons (Fsp3) is 0.318. The van der Waals surface area contributed by atoms with E-state index in [1.165, 1.54) is 18.2 Å². The summed E-state index contributed by atoms with van der Waals surface area (Å²) in [4.78, 5) is 14.8. The molecule has 2 aromatic carbocycles. The normalized spacial score (nSPS) is 17.0. The summed E-state index contributed by atoms with van der Waals surface area (Å²) in [6.07, 6.45) is 3.36. The second-order valence-corrected chi connectivity index (χ2v) is 8.82. The number of carbonyl (C=O) groups excluding carboxylic acids is 1. The van der Waals surface area contributed by atoms with Crippen LogP contribution < -0.4 is 9.46 Å². The second kappa shape index (κ2) is 9.71. The number of likely N-dealkylation sites (tertiary alicyclic amines) is 1. The molecule has 1 fully saturated rings. The van der Waals surface area contributed by atoms with E-state index in [1.54, 1.807) is 17.0 Å². The summed E-state index contributed by atoms with van der Waals surface area (Å²) >= 11 is 0. The van der Waals surface area contributed by atoms with Gasteiger partial charge >= 0.3 is 0 Å². The van der Waals surface area contributed by atoms with Crippen molar-refractivity contribution in [1.82, 2.24) is 9.62 Å². The predicted octanol–water partition coefficient (Wildman–Crippen LogP) is 3.08. The van der Waals surface area contributed by atoms with Crippen LogP contribution in [0.15, 0.2) is 72.1 Å². The molecule has 0 spiro atoms. The summed E-state index contributed by atoms with van der Waals surface area (Å²) in [5.74, 6) is 0.908. The van der Waals surface area contributed by atoms with Crippen LogP contribution in [0, 0.1) is 5.92 Å². The second-order valence-electron chi connectivity index (χ2n) is 7.05. The van der Waals surface area contributed by atoms with E-state index in [2.05, 4.69) is 11.3 Å². The van der Waals surface area contributed by atoms with Crippen molar-refractivity contribution in [2.24, 2.45) is 5.92 Å². The smallest absolute Gasteiger partial charge is 0.253 e. The number of nitrogens with zero attached hydrogens (tertiary/aromatic N) is 1. The Kier molecular flexibility index (Phi) is 7.06. The summed E-state index contributed by atoms with van der Waals surface area (Å²) in [5.41, 5.74) is 0.371. The Morgan fingerprint density at radius 2 is 2.00 bits per heavy atom. The fourth-order valence-electron chi connectivity index (χ4n) is 3.35. The van der Waals surface area contributed by atoms with Crippen LogP contribution in [-0.2, 0) is 10.0 Å². The van der Waals surface area contributed by atoms with Crippen molar-refractivity contribution < 1.29 is 17.9 Å². The van der Waals surface area contributed by atoms with Crippen LogP contribution in [0.1, 0.15) is 23.2 Å². The lowest BCUT2D eigenvalue weighted by molar-refractivity contribution is 0.0633. The lowest BCUT2D eigenvalue weighted by Gasteiger charge is -2.32. The Bertz CT molecular complexity index is 944. The Hall–Kier alpha value is -2.64. The third-order valence-electron chi connectivity index (χ3n) is 4.84. The maximum atomic E-state index is 13.0. The largest absolute Gasteiger partial charge is 0.493 e. The molecule has 0 bridgehead atoms. The number of nitrogens with one attached hydrogen (secondary N) is 1. The van der Waals surface area contributed by atoms with Gasteiger partial charge in [-0.1, -0.05) is 30.3 Å². The van der Waals surface area contributed by atoms with Gasteiger partial charge in [0.25, 0.3) is 5.91 Å². The number of para-hydroxylation sites is 1. The van der Waals surface area contributed by atoms with Crippen molar-refractivity contribution in [3.05, 3.63) is 72.8 Å². The zero-order valence-electron chi connectivity index (χ0n) is 16.3. The van der Waals surface area contributed by atoms with E-state index in [0.717, 1.165) is 18.6 Å². The van der Waals surface area contributed by atoms with Crippen LogP contribution in [0.5, 0.6) is 5.75 Å². The van der Waals surface area contributed by atoms with Crippen molar-refractivity contribution in [2.75, 3.05) is 26.2 Å². The zero-order valence-corrected chi connectivity index (χ0v) is 17.1. The van der Waals surface area contributed by atoms with Gasteiger partial charge in [-0.3, -0.25) is 4.79 Å². The summed E-state index contributed by atoms with van der Waals surface area (Å²) in [7, 11) is -3.67. The molecular formula is C22H26N2O4S. The molecule has 0 aromatic heterocycles. The maximum absolute atomic E-state index is 13.0. The average molecular weight is 415 g/mol. The van der Waals surface area contributed by atoms with Crippen molar-refractivity contribution in [3.8, 4) is 5.75 Å². The number of ether oxygens (including phenoxy) is 1. The number of hydrogen-bond donors (Lipinski definition) is 1. The highest BCUT2D eigenvalue weighted by atomic mass is 32.2. The number of piperidine rings is 1. The maximum Gasteiger partial charge on any atom is 0.253 e. The summed E-state index contributed by atoms with van der Waals surface area (Å²) in [6.45, 7) is 5.45. The van der Waals surface area contributed by atoms with E-state index in [0.29, 0.717) is 25.3 Å². The Balaban J connectivity index is 1.65. The summed E-state index contributed by atoms with van der Waals surface area (Å²) in [5, 5.41) is 0. The highest BCUT2D eigenvalue weighted by molar-refractivity contribution is 7.89. The molecule has 0 aliphatic carbocycles. The fourth-order valence-corrected chi connectivity index (χ4v) is 4.39. The standard InChI is InChI=1S/C22H26N2O4S/c1-2-13-23-29(26,27)21-12-6-9-19(15-21)22(25)24-14-7-8-18(16-24)17-28-20-10-4-3-5-11-20/h2-6,9-12,15,18,23H,1,7-8,13-14,16-17H2. The van der Waals surface area contributed by atoms with Gasteiger partial charge in [0.1, 0.15) is 5.75 Å². The minimum Gasteiger partial charge on any atom is -0.493 e. The van der Waals surface area contributed by atoms with E-state index < -0.39 is 10.0 Å². The van der Waals surface area contributed by atoms with Gasteiger partial charge in [0, 0.05) is 31.1 Å². The molecule has 1 unspecified atom stereocenters. The van der Waals surface area contributed by atoms with E-state index in [4.69, 9.17) is 4.74 Å². The molecule has 1 aliphatic heterocycles. The van der Waals surface area contributed by atoms with Gasteiger partial charge in [0.15, 0.2) is 0 Å². The van der Waals surface area contributed by atoms with Gasteiger partial charge in [-0.15, -0.1) is 6.58 Å². The van der Waals surface area contributed by atoms with Crippen molar-refractivity contribution in [1.29, 1.82) is 0 Å². The highest BCUT2D eigenvalue weighted by Gasteiger charge is 2.26. The van der Waals surface area contributed by atoms with E-state index >= 15 is 0 Å². The van der Waals surface area contributed by atoms with Crippen LogP contribution in [0.4, 0.5) is 0 Å². The Morgan fingerprint density at radius 3 is 2.76 bits per heavy atom. The first-order valence-electron chi connectivity index (χ1n) is 9.67. The first-order valence-corrected chi connectivity index (χ1v) is 11.2. The Labute approximate surface area is 172 Å². The monoisotopic (exact) mass is 414 g/mol. The number of benzene rings is 2. The van der Waals surface area contributed by atoms with Gasteiger partial charge in [0.2, 0.25) is 10.0 Å². The molecule has 1 N–H and O–H groups in total. The molecule has 3 rings (SSSR count). The summed E-state index contributed by atoms with van der Waals surface area (Å²) in [6, 6.07) is 15.8. The molecule has 2 aromatic rings. The van der Waals surface area contributed by atoms with Crippen LogP contribution in [-0.4, -0.2) is 45.5 Å². The highest BCUT2D eigenvalue weighted by Crippen LogP contribution is 2.21. The van der Waals surface area contributed by atoms with Crippen LogP contribution in [0.2, 0.25) is 0 Å². The molecule has 0 radical (unpaired) electrons. The number of sulfonamides is 1. The van der Waals surface area contributed by atoms with Gasteiger partial charge in [0.05, 0.1) is 11.5 Å². The average Bonchev–Trinajstić information content (AvgIpc) is 2.77. The third-order valence-corrected chi connectivity index (χ3v) is 6.27. The lowest BCUT2D eigenvalue weighted by atomic mass is 9.98. The predicted molar refractivity (Wildman–Crippen MR) is 112 cm³/mol. The minimum absolute atomic E-state index is 0.0752. The lowest BCUT2D eigenvalue weighted by Crippen LogP contribution is -2.41. The molecule has 1 heterocycles. The topological polar surface area (TPSA) is 75.7 Å². The molecule has 154 valence electrons. The first kappa shape index (κ1) is 21.1. The number of amides is 1. The molecule has 29 heavy (non-hydrogen) atoms. The van der Waals surface area contributed by atoms with E-state index in [-0.39, 0.29) is 23.3 Å². The Morgan fingerprint density at radius 1 is 1.21 bits per heavy atom. The van der Waals surface area contributed by atoms with Crippen LogP contribution in [0.25, 0.3) is 0 Å². The van der Waals surface area contributed by atoms with Gasteiger partial charge in [-0.05, 0) is 43.2 Å². The van der Waals surface area contributed by atoms with Gasteiger partial charge in [-0.25, -0.2) is 13.1 Å². The molecule has 1 atom stereocenters. The van der Waals surface area contributed by atoms with Crippen molar-refractivity contribution in [2.45, 2.75) is 17.7 Å². The number of rotatable bonds is 8. The van der Waals surface area contributed by atoms with Gasteiger partial charge < -0.3 is 9.64 Å². The summed E-state index contributed by atoms with van der Waals surface area (Å²) < 4.78 is 32.9. The zero-order chi connectivity index (χ0) is 20.7. The SMILES string of the molecule is C=CCNS(=O)(=O)c1cccc(C(=O)N2CCCC(COc3ccccc3)C2)c1. The molecule has 7 heteroatoms. The minimum atomic E-state index is -3.67. The quantitative estimate of drug-likeness (QED) is 0.674.